The van der Waals surface area contributed by atoms with E-state index in [-0.39, 0.29) is 12.0 Å². The number of hydrogen-bond donors (Lipinski definition) is 2. The molecule has 0 saturated carbocycles. The molecule has 0 unspecified atom stereocenters. The number of nitrogens with one attached hydrogen (secondary N) is 1. The molecular weight excluding hydrogens is 292 g/mol. The van der Waals surface area contributed by atoms with Crippen LogP contribution in [0.15, 0.2) is 5.38 Å². The van der Waals surface area contributed by atoms with Gasteiger partial charge in [-0.05, 0) is 19.3 Å². The number of likely N-dealkylation sites (tertiary alicyclic amines) is 1. The number of hydrogen-bond acceptors (Lipinski definition) is 6. The van der Waals surface area contributed by atoms with Gasteiger partial charge < -0.3 is 20.7 Å². The van der Waals surface area contributed by atoms with Gasteiger partial charge in [0.1, 0.15) is 5.60 Å². The van der Waals surface area contributed by atoms with E-state index >= 15 is 0 Å². The number of aryl methyl sites for hydroxylation is 1. The highest BCUT2D eigenvalue weighted by atomic mass is 32.1. The van der Waals surface area contributed by atoms with E-state index < -0.39 is 5.60 Å². The molecule has 8 heteroatoms. The fraction of sp³-hybridized carbons (Fsp3) is 0.615. The van der Waals surface area contributed by atoms with Gasteiger partial charge in [-0.3, -0.25) is 4.79 Å². The maximum Gasteiger partial charge on any atom is 0.407 e. The van der Waals surface area contributed by atoms with Crippen LogP contribution in [0, 0.1) is 0 Å². The molecule has 0 bridgehead atoms. The fourth-order valence-electron chi connectivity index (χ4n) is 2.87. The lowest BCUT2D eigenvalue weighted by atomic mass is 9.93. The monoisotopic (exact) mass is 310 g/mol. The van der Waals surface area contributed by atoms with Crippen molar-refractivity contribution in [1.82, 2.24) is 15.2 Å². The van der Waals surface area contributed by atoms with Gasteiger partial charge in [0.15, 0.2) is 5.13 Å². The number of ether oxygens (including phenoxy) is 1. The molecule has 1 aromatic rings. The summed E-state index contributed by atoms with van der Waals surface area (Å²) in [6.45, 7) is 1.68. The second-order valence-electron chi connectivity index (χ2n) is 5.52. The summed E-state index contributed by atoms with van der Waals surface area (Å²) in [6, 6.07) is 0. The van der Waals surface area contributed by atoms with Gasteiger partial charge in [0.05, 0.1) is 18.8 Å². The van der Waals surface area contributed by atoms with Gasteiger partial charge in [-0.1, -0.05) is 0 Å². The number of carbonyl (C=O) groups is 2. The average Bonchev–Trinajstić information content (AvgIpc) is 3.03. The Balaban J connectivity index is 1.56. The molecule has 3 N–H and O–H groups in total. The molecule has 2 aliphatic rings. The minimum Gasteiger partial charge on any atom is -0.439 e. The predicted molar refractivity (Wildman–Crippen MR) is 77.9 cm³/mol. The minimum absolute atomic E-state index is 0.0728. The fourth-order valence-corrected chi connectivity index (χ4v) is 3.47. The van der Waals surface area contributed by atoms with E-state index in [1.807, 2.05) is 5.38 Å². The Morgan fingerprint density at radius 1 is 1.62 bits per heavy atom. The average molecular weight is 310 g/mol. The van der Waals surface area contributed by atoms with E-state index in [1.54, 1.807) is 4.90 Å². The van der Waals surface area contributed by atoms with Crippen LogP contribution in [0.25, 0.3) is 0 Å². The number of anilines is 1. The second-order valence-corrected chi connectivity index (χ2v) is 6.41. The topological polar surface area (TPSA) is 97.5 Å². The van der Waals surface area contributed by atoms with E-state index in [4.69, 9.17) is 10.5 Å². The third-order valence-electron chi connectivity index (χ3n) is 3.92. The Hall–Kier alpha value is -1.83. The van der Waals surface area contributed by atoms with Gasteiger partial charge in [0.2, 0.25) is 5.91 Å². The van der Waals surface area contributed by atoms with Gasteiger partial charge in [-0.2, -0.15) is 0 Å². The molecule has 2 saturated heterocycles. The number of nitrogens with zero attached hydrogens (tertiary/aromatic N) is 2. The Morgan fingerprint density at radius 3 is 3.14 bits per heavy atom. The van der Waals surface area contributed by atoms with E-state index in [1.165, 1.54) is 11.3 Å². The van der Waals surface area contributed by atoms with Crippen molar-refractivity contribution in [3.8, 4) is 0 Å². The first-order valence-corrected chi connectivity index (χ1v) is 7.89. The van der Waals surface area contributed by atoms with Crippen molar-refractivity contribution >= 4 is 28.5 Å². The summed E-state index contributed by atoms with van der Waals surface area (Å²) >= 11 is 1.38. The lowest BCUT2D eigenvalue weighted by molar-refractivity contribution is -0.136. The third-order valence-corrected chi connectivity index (χ3v) is 4.64. The molecule has 7 nitrogen and oxygen atoms in total. The van der Waals surface area contributed by atoms with Gasteiger partial charge in [-0.15, -0.1) is 11.3 Å². The first kappa shape index (κ1) is 14.1. The third kappa shape index (κ3) is 3.10. The highest BCUT2D eigenvalue weighted by molar-refractivity contribution is 7.13. The molecular formula is C13H18N4O3S. The molecule has 2 amide bonds. The van der Waals surface area contributed by atoms with Crippen LogP contribution in [0.1, 0.15) is 25.0 Å². The number of nitrogen functional groups attached to an aromatic ring is 1. The molecule has 0 aromatic carbocycles. The summed E-state index contributed by atoms with van der Waals surface area (Å²) in [7, 11) is 0. The Kier molecular flexibility index (Phi) is 3.71. The number of alkyl carbamates (subject to hydrolysis) is 1. The van der Waals surface area contributed by atoms with Crippen LogP contribution in [0.2, 0.25) is 0 Å². The molecule has 3 heterocycles. The maximum atomic E-state index is 12.3. The van der Waals surface area contributed by atoms with Crippen LogP contribution in [0.5, 0.6) is 0 Å². The highest BCUT2D eigenvalue weighted by Gasteiger charge is 2.44. The van der Waals surface area contributed by atoms with E-state index in [0.29, 0.717) is 31.1 Å². The van der Waals surface area contributed by atoms with Crippen LogP contribution < -0.4 is 11.1 Å². The highest BCUT2D eigenvalue weighted by Crippen LogP contribution is 2.28. The maximum absolute atomic E-state index is 12.3. The standard InChI is InChI=1S/C13H18N4O3S/c14-11-16-9(6-21-11)2-3-10(18)17-5-1-4-13(8-17)7-15-12(19)20-13/h6H,1-5,7-8H2,(H2,14,16)(H,15,19)/t13-/m1/s1. The zero-order valence-electron chi connectivity index (χ0n) is 11.6. The molecule has 1 aromatic heterocycles. The van der Waals surface area contributed by atoms with Gasteiger partial charge in [0, 0.05) is 18.3 Å². The predicted octanol–water partition coefficient (Wildman–Crippen LogP) is 0.759. The van der Waals surface area contributed by atoms with E-state index in [2.05, 4.69) is 10.3 Å². The molecule has 2 fully saturated rings. The van der Waals surface area contributed by atoms with Gasteiger partial charge in [0.25, 0.3) is 0 Å². The normalized spacial score (nSPS) is 25.0. The lowest BCUT2D eigenvalue weighted by Gasteiger charge is -2.38. The zero-order valence-corrected chi connectivity index (χ0v) is 12.4. The summed E-state index contributed by atoms with van der Waals surface area (Å²) in [5, 5.41) is 5.08. The van der Waals surface area contributed by atoms with Crippen molar-refractivity contribution in [2.24, 2.45) is 0 Å². The summed E-state index contributed by atoms with van der Waals surface area (Å²) in [6.07, 6.45) is 2.26. The molecule has 114 valence electrons. The van der Waals surface area contributed by atoms with E-state index in [0.717, 1.165) is 25.1 Å². The quantitative estimate of drug-likeness (QED) is 0.859. The van der Waals surface area contributed by atoms with Crippen LogP contribution in [-0.4, -0.2) is 47.1 Å². The van der Waals surface area contributed by atoms with Crippen LogP contribution in [-0.2, 0) is 16.0 Å². The molecule has 2 aliphatic heterocycles. The van der Waals surface area contributed by atoms with Gasteiger partial charge in [-0.25, -0.2) is 9.78 Å². The van der Waals surface area contributed by atoms with Crippen molar-refractivity contribution in [2.45, 2.75) is 31.3 Å². The largest absolute Gasteiger partial charge is 0.439 e. The Bertz CT molecular complexity index is 561. The van der Waals surface area contributed by atoms with Gasteiger partial charge >= 0.3 is 6.09 Å². The summed E-state index contributed by atoms with van der Waals surface area (Å²) in [5.74, 6) is 0.0728. The molecule has 1 atom stereocenters. The number of aromatic nitrogens is 1. The van der Waals surface area contributed by atoms with Crippen LogP contribution >= 0.6 is 11.3 Å². The summed E-state index contributed by atoms with van der Waals surface area (Å²) in [5.41, 5.74) is 5.90. The molecule has 3 rings (SSSR count). The first-order chi connectivity index (χ1) is 10.1. The van der Waals surface area contributed by atoms with Crippen molar-refractivity contribution in [1.29, 1.82) is 0 Å². The molecule has 0 aliphatic carbocycles. The van der Waals surface area contributed by atoms with Crippen molar-refractivity contribution < 1.29 is 14.3 Å². The van der Waals surface area contributed by atoms with Crippen molar-refractivity contribution in [2.75, 3.05) is 25.4 Å². The SMILES string of the molecule is Nc1nc(CCC(=O)N2CCC[C@@]3(CNC(=O)O3)C2)cs1. The number of amides is 2. The molecule has 1 spiro atoms. The number of carbonyl (C=O) groups excluding carboxylic acids is 2. The van der Waals surface area contributed by atoms with Crippen molar-refractivity contribution in [3.63, 3.8) is 0 Å². The minimum atomic E-state index is -0.532. The Labute approximate surface area is 126 Å². The van der Waals surface area contributed by atoms with Crippen molar-refractivity contribution in [3.05, 3.63) is 11.1 Å². The lowest BCUT2D eigenvalue weighted by Crippen LogP contribution is -2.52. The number of rotatable bonds is 3. The second kappa shape index (κ2) is 5.51. The number of nitrogens with two attached hydrogens (primary N) is 1. The van der Waals surface area contributed by atoms with E-state index in [9.17, 15) is 9.59 Å². The summed E-state index contributed by atoms with van der Waals surface area (Å²) in [4.78, 5) is 29.5. The van der Waals surface area contributed by atoms with Crippen LogP contribution in [0.3, 0.4) is 0 Å². The number of thiazole rings is 1. The number of piperidine rings is 1. The molecule has 21 heavy (non-hydrogen) atoms. The Morgan fingerprint density at radius 2 is 2.48 bits per heavy atom. The smallest absolute Gasteiger partial charge is 0.407 e. The zero-order chi connectivity index (χ0) is 14.9. The molecule has 0 radical (unpaired) electrons. The first-order valence-electron chi connectivity index (χ1n) is 7.01. The van der Waals surface area contributed by atoms with Crippen LogP contribution in [0.4, 0.5) is 9.93 Å². The summed E-state index contributed by atoms with van der Waals surface area (Å²) < 4.78 is 5.37.